The largest absolute Gasteiger partial charge is 0.459 e. The lowest BCUT2D eigenvalue weighted by molar-refractivity contribution is -0.336. The number of nitrogens with zero attached hydrogens (tertiary/aromatic N) is 1. The predicted molar refractivity (Wildman–Crippen MR) is 210 cm³/mol. The number of hydrogen-bond acceptors (Lipinski definition) is 15. The molecule has 0 aromatic heterocycles. The molecule has 4 aliphatic rings. The fourth-order valence-corrected chi connectivity index (χ4v) is 9.34. The molecule has 0 amide bonds. The lowest BCUT2D eigenvalue weighted by Gasteiger charge is -2.53. The Morgan fingerprint density at radius 1 is 0.964 bits per heavy atom. The molecule has 0 bridgehead atoms. The molecule has 56 heavy (non-hydrogen) atoms. The van der Waals surface area contributed by atoms with E-state index in [2.05, 4.69) is 10.6 Å². The molecule has 15 nitrogen and oxygen atoms in total. The number of ether oxygens (including phenoxy) is 6. The summed E-state index contributed by atoms with van der Waals surface area (Å²) in [5.74, 6) is -2.65. The second kappa shape index (κ2) is 18.7. The SMILES string of the molecule is CC[C@H]1OC(=O)[C@H](C)[C@@H](O[C@H]2C[C@@](C)(OC)[C@@](O)(CNC3CC3)[C@H](C)O2)[C@H](C)[C@@H](O[C@@H]2O[C@H](C)C[C@H](N(C)C)[C@H]2O)[C@](C)(O)C[C@@H](C)CN[C@H](C)[C@@H](O)[C@]1(C)O. The number of carbonyl (C=O) groups is 1. The monoisotopic (exact) mass is 804 g/mol. The summed E-state index contributed by atoms with van der Waals surface area (Å²) in [6.45, 7) is 18.3. The van der Waals surface area contributed by atoms with Crippen LogP contribution in [-0.2, 0) is 33.2 Å². The van der Waals surface area contributed by atoms with Crippen LogP contribution < -0.4 is 10.6 Å². The molecular weight excluding hydrogens is 726 g/mol. The highest BCUT2D eigenvalue weighted by Gasteiger charge is 2.59. The van der Waals surface area contributed by atoms with Crippen molar-refractivity contribution in [3.63, 3.8) is 0 Å². The average Bonchev–Trinajstić information content (AvgIpc) is 3.96. The first-order chi connectivity index (χ1) is 25.9. The van der Waals surface area contributed by atoms with Gasteiger partial charge in [0, 0.05) is 44.1 Å². The maximum Gasteiger partial charge on any atom is 0.311 e. The molecule has 0 aromatic rings. The molecule has 3 heterocycles. The molecule has 4 rings (SSSR count). The highest BCUT2D eigenvalue weighted by Crippen LogP contribution is 2.43. The van der Waals surface area contributed by atoms with Crippen LogP contribution in [0.3, 0.4) is 0 Å². The molecule has 328 valence electrons. The number of cyclic esters (lactones) is 1. The van der Waals surface area contributed by atoms with E-state index >= 15 is 0 Å². The van der Waals surface area contributed by atoms with Gasteiger partial charge in [-0.15, -0.1) is 0 Å². The summed E-state index contributed by atoms with van der Waals surface area (Å²) >= 11 is 0. The minimum Gasteiger partial charge on any atom is -0.459 e. The van der Waals surface area contributed by atoms with E-state index in [0.717, 1.165) is 12.8 Å². The van der Waals surface area contributed by atoms with Gasteiger partial charge in [-0.25, -0.2) is 0 Å². The summed E-state index contributed by atoms with van der Waals surface area (Å²) in [6.07, 6.45) is -5.43. The molecule has 18 atom stereocenters. The molecule has 0 spiro atoms. The van der Waals surface area contributed by atoms with E-state index in [-0.39, 0.29) is 43.9 Å². The maximum atomic E-state index is 14.3. The minimum atomic E-state index is -1.81. The lowest BCUT2D eigenvalue weighted by atomic mass is 9.75. The number of carbonyl (C=O) groups excluding carboxylic acids is 1. The van der Waals surface area contributed by atoms with Crippen LogP contribution in [0.25, 0.3) is 0 Å². The van der Waals surface area contributed by atoms with Crippen LogP contribution in [-0.4, -0.2) is 167 Å². The van der Waals surface area contributed by atoms with Gasteiger partial charge >= 0.3 is 5.97 Å². The Morgan fingerprint density at radius 2 is 1.61 bits per heavy atom. The molecule has 1 saturated carbocycles. The summed E-state index contributed by atoms with van der Waals surface area (Å²) in [4.78, 5) is 16.3. The first-order valence-electron chi connectivity index (χ1n) is 21.0. The van der Waals surface area contributed by atoms with Gasteiger partial charge in [0.05, 0.1) is 35.9 Å². The van der Waals surface area contributed by atoms with Crippen LogP contribution in [0.15, 0.2) is 0 Å². The van der Waals surface area contributed by atoms with Gasteiger partial charge in [-0.05, 0) is 107 Å². The van der Waals surface area contributed by atoms with Gasteiger partial charge in [0.1, 0.15) is 35.1 Å². The number of esters is 1. The van der Waals surface area contributed by atoms with Crippen LogP contribution in [0.4, 0.5) is 0 Å². The molecule has 0 unspecified atom stereocenters. The molecule has 3 aliphatic heterocycles. The van der Waals surface area contributed by atoms with E-state index in [4.69, 9.17) is 28.4 Å². The highest BCUT2D eigenvalue weighted by atomic mass is 16.7. The van der Waals surface area contributed by atoms with E-state index in [1.807, 2.05) is 46.7 Å². The Hall–Kier alpha value is -1.05. The van der Waals surface area contributed by atoms with E-state index < -0.39 is 95.5 Å². The predicted octanol–water partition coefficient (Wildman–Crippen LogP) is 1.68. The number of methoxy groups -OCH3 is 1. The van der Waals surface area contributed by atoms with Crippen molar-refractivity contribution in [2.24, 2.45) is 17.8 Å². The number of aliphatic hydroxyl groups is 5. The first-order valence-corrected chi connectivity index (χ1v) is 21.0. The average molecular weight is 804 g/mol. The zero-order chi connectivity index (χ0) is 42.1. The zero-order valence-electron chi connectivity index (χ0n) is 36.4. The molecule has 4 fully saturated rings. The summed E-state index contributed by atoms with van der Waals surface area (Å²) in [5, 5.41) is 66.0. The van der Waals surface area contributed by atoms with Crippen molar-refractivity contribution in [1.29, 1.82) is 0 Å². The van der Waals surface area contributed by atoms with Crippen LogP contribution >= 0.6 is 0 Å². The summed E-state index contributed by atoms with van der Waals surface area (Å²) in [7, 11) is 5.32. The van der Waals surface area contributed by atoms with Crippen LogP contribution in [0.5, 0.6) is 0 Å². The third-order valence-electron chi connectivity index (χ3n) is 13.4. The van der Waals surface area contributed by atoms with Gasteiger partial charge in [-0.3, -0.25) is 4.79 Å². The number of rotatable bonds is 10. The van der Waals surface area contributed by atoms with Crippen molar-refractivity contribution in [3.05, 3.63) is 0 Å². The first kappa shape index (κ1) is 47.6. The molecule has 0 radical (unpaired) electrons. The number of likely N-dealkylation sites (N-methyl/N-ethyl adjacent to an activating group) is 1. The highest BCUT2D eigenvalue weighted by molar-refractivity contribution is 5.73. The smallest absolute Gasteiger partial charge is 0.311 e. The van der Waals surface area contributed by atoms with Crippen LogP contribution in [0, 0.1) is 17.8 Å². The van der Waals surface area contributed by atoms with Crippen molar-refractivity contribution in [3.8, 4) is 0 Å². The Balaban J connectivity index is 1.78. The summed E-state index contributed by atoms with van der Waals surface area (Å²) in [6, 6.07) is -0.534. The van der Waals surface area contributed by atoms with Crippen molar-refractivity contribution < 1.29 is 58.7 Å². The van der Waals surface area contributed by atoms with E-state index in [0.29, 0.717) is 19.0 Å². The van der Waals surface area contributed by atoms with Gasteiger partial charge in [0.2, 0.25) is 0 Å². The number of nitrogens with one attached hydrogen (secondary N) is 2. The topological polar surface area (TPSA) is 201 Å². The molecule has 3 saturated heterocycles. The van der Waals surface area contributed by atoms with Gasteiger partial charge in [0.25, 0.3) is 0 Å². The quantitative estimate of drug-likeness (QED) is 0.157. The summed E-state index contributed by atoms with van der Waals surface area (Å²) < 4.78 is 38.4. The van der Waals surface area contributed by atoms with E-state index in [1.165, 1.54) is 6.92 Å². The maximum absolute atomic E-state index is 14.3. The molecule has 7 N–H and O–H groups in total. The van der Waals surface area contributed by atoms with E-state index in [1.54, 1.807) is 41.7 Å². The van der Waals surface area contributed by atoms with Gasteiger partial charge < -0.3 is 69.5 Å². The number of hydrogen-bond donors (Lipinski definition) is 7. The van der Waals surface area contributed by atoms with Crippen molar-refractivity contribution in [1.82, 2.24) is 15.5 Å². The lowest BCUT2D eigenvalue weighted by Crippen LogP contribution is -2.70. The van der Waals surface area contributed by atoms with Gasteiger partial charge in [0.15, 0.2) is 12.6 Å². The Labute approximate surface area is 335 Å². The standard InChI is InChI=1S/C41H77N3O12/c1-14-30-40(10,49)34(46)26(6)42-20-22(2)18-38(8,48)35(56-37-32(45)29(44(11)12)17-23(3)52-37)24(4)33(25(5)36(47)54-30)55-31-19-39(9,51-13)41(50,27(7)53-31)21-43-28-15-16-28/h22-35,37,42-43,45-46,48-50H,14-21H2,1-13H3/t22-,23-,24+,25-,26-,27+,29+,30-,31+,32-,33+,34-,35-,37+,38-,39-,40-,41-/m1/s1. The van der Waals surface area contributed by atoms with Gasteiger partial charge in [-0.2, -0.15) is 0 Å². The van der Waals surface area contributed by atoms with Crippen LogP contribution in [0.2, 0.25) is 0 Å². The molecule has 15 heteroatoms. The third kappa shape index (κ3) is 10.4. The second-order valence-electron chi connectivity index (χ2n) is 18.7. The Morgan fingerprint density at radius 3 is 2.18 bits per heavy atom. The third-order valence-corrected chi connectivity index (χ3v) is 13.4. The second-order valence-corrected chi connectivity index (χ2v) is 18.7. The normalized spacial score (nSPS) is 49.2. The van der Waals surface area contributed by atoms with Crippen molar-refractivity contribution in [2.45, 2.75) is 204 Å². The molecule has 0 aromatic carbocycles. The van der Waals surface area contributed by atoms with Crippen LogP contribution in [0.1, 0.15) is 108 Å². The number of aliphatic hydroxyl groups excluding tert-OH is 2. The molecule has 1 aliphatic carbocycles. The van der Waals surface area contributed by atoms with E-state index in [9.17, 15) is 30.3 Å². The fourth-order valence-electron chi connectivity index (χ4n) is 9.34. The zero-order valence-corrected chi connectivity index (χ0v) is 36.4. The molecular formula is C41H77N3O12. The summed E-state index contributed by atoms with van der Waals surface area (Å²) in [5.41, 5.74) is -5.91. The van der Waals surface area contributed by atoms with Gasteiger partial charge in [-0.1, -0.05) is 20.8 Å². The van der Waals surface area contributed by atoms with Crippen molar-refractivity contribution >= 4 is 5.97 Å². The fraction of sp³-hybridized carbons (Fsp3) is 0.976. The Bertz CT molecular complexity index is 1270. The Kier molecular flexibility index (Phi) is 15.9. The van der Waals surface area contributed by atoms with Crippen molar-refractivity contribution in [2.75, 3.05) is 34.3 Å². The minimum absolute atomic E-state index is 0.106.